The minimum atomic E-state index is -0.915. The normalized spacial score (nSPS) is 22.8. The molecule has 0 aromatic carbocycles. The molecule has 0 bridgehead atoms. The van der Waals surface area contributed by atoms with Gasteiger partial charge in [0.2, 0.25) is 0 Å². The van der Waals surface area contributed by atoms with E-state index in [0.29, 0.717) is 0 Å². The SMILES string of the molecule is CC1(C)CCCN(C(=O)N(CC(=O)O)C2CCCC2)C1. The Balaban J connectivity index is 2.06. The van der Waals surface area contributed by atoms with Crippen molar-refractivity contribution < 1.29 is 14.7 Å². The number of carbonyl (C=O) groups excluding carboxylic acids is 1. The maximum Gasteiger partial charge on any atom is 0.323 e. The zero-order chi connectivity index (χ0) is 14.8. The molecule has 1 saturated heterocycles. The number of urea groups is 1. The van der Waals surface area contributed by atoms with Crippen molar-refractivity contribution in [3.8, 4) is 0 Å². The van der Waals surface area contributed by atoms with Crippen LogP contribution in [0.4, 0.5) is 4.79 Å². The van der Waals surface area contributed by atoms with E-state index >= 15 is 0 Å². The summed E-state index contributed by atoms with van der Waals surface area (Å²) in [5.74, 6) is -0.915. The largest absolute Gasteiger partial charge is 0.480 e. The number of carboxylic acid groups (broad SMARTS) is 1. The molecule has 1 N–H and O–H groups in total. The summed E-state index contributed by atoms with van der Waals surface area (Å²) in [6.45, 7) is 5.66. The fraction of sp³-hybridized carbons (Fsp3) is 0.867. The third-order valence-electron chi connectivity index (χ3n) is 4.49. The summed E-state index contributed by atoms with van der Waals surface area (Å²) in [4.78, 5) is 27.2. The van der Waals surface area contributed by atoms with E-state index in [1.807, 2.05) is 4.90 Å². The third kappa shape index (κ3) is 3.64. The van der Waals surface area contributed by atoms with E-state index in [1.54, 1.807) is 4.90 Å². The second-order valence-electron chi connectivity index (χ2n) is 6.93. The number of likely N-dealkylation sites (tertiary alicyclic amines) is 1. The Labute approximate surface area is 120 Å². The first-order valence-electron chi connectivity index (χ1n) is 7.66. The zero-order valence-electron chi connectivity index (χ0n) is 12.6. The van der Waals surface area contributed by atoms with E-state index in [4.69, 9.17) is 5.11 Å². The Morgan fingerprint density at radius 2 is 1.90 bits per heavy atom. The summed E-state index contributed by atoms with van der Waals surface area (Å²) in [5, 5.41) is 9.08. The number of aliphatic carboxylic acids is 1. The number of nitrogens with zero attached hydrogens (tertiary/aromatic N) is 2. The van der Waals surface area contributed by atoms with Crippen LogP contribution in [-0.4, -0.2) is 52.6 Å². The molecule has 1 heterocycles. The summed E-state index contributed by atoms with van der Waals surface area (Å²) in [5.41, 5.74) is 0.137. The number of hydrogen-bond donors (Lipinski definition) is 1. The van der Waals surface area contributed by atoms with Gasteiger partial charge in [0.05, 0.1) is 0 Å². The molecule has 1 aliphatic carbocycles. The Morgan fingerprint density at radius 3 is 2.45 bits per heavy atom. The molecule has 2 amide bonds. The van der Waals surface area contributed by atoms with Gasteiger partial charge >= 0.3 is 12.0 Å². The van der Waals surface area contributed by atoms with Crippen LogP contribution in [0.25, 0.3) is 0 Å². The van der Waals surface area contributed by atoms with Crippen molar-refractivity contribution in [1.29, 1.82) is 0 Å². The lowest BCUT2D eigenvalue weighted by Gasteiger charge is -2.41. The molecule has 5 heteroatoms. The average Bonchev–Trinajstić information content (AvgIpc) is 2.87. The van der Waals surface area contributed by atoms with E-state index in [-0.39, 0.29) is 24.0 Å². The van der Waals surface area contributed by atoms with Crippen LogP contribution >= 0.6 is 0 Å². The minimum absolute atomic E-state index is 0.0768. The van der Waals surface area contributed by atoms with Gasteiger partial charge in [-0.3, -0.25) is 4.79 Å². The van der Waals surface area contributed by atoms with E-state index in [9.17, 15) is 9.59 Å². The smallest absolute Gasteiger partial charge is 0.323 e. The van der Waals surface area contributed by atoms with E-state index < -0.39 is 5.97 Å². The minimum Gasteiger partial charge on any atom is -0.480 e. The molecule has 5 nitrogen and oxygen atoms in total. The van der Waals surface area contributed by atoms with Crippen LogP contribution in [0.3, 0.4) is 0 Å². The molecule has 2 fully saturated rings. The number of amides is 2. The van der Waals surface area contributed by atoms with Crippen molar-refractivity contribution in [3.05, 3.63) is 0 Å². The highest BCUT2D eigenvalue weighted by Crippen LogP contribution is 2.30. The number of carbonyl (C=O) groups is 2. The maximum absolute atomic E-state index is 12.7. The molecule has 1 saturated carbocycles. The van der Waals surface area contributed by atoms with Gasteiger partial charge in [-0.1, -0.05) is 26.7 Å². The molecule has 0 atom stereocenters. The average molecular weight is 282 g/mol. The molecule has 0 unspecified atom stereocenters. The predicted octanol–water partition coefficient (Wildman–Crippen LogP) is 2.56. The van der Waals surface area contributed by atoms with Crippen LogP contribution in [0.1, 0.15) is 52.4 Å². The van der Waals surface area contributed by atoms with E-state index in [1.165, 1.54) is 0 Å². The van der Waals surface area contributed by atoms with Crippen molar-refractivity contribution in [2.24, 2.45) is 5.41 Å². The zero-order valence-corrected chi connectivity index (χ0v) is 12.6. The lowest BCUT2D eigenvalue weighted by Crippen LogP contribution is -2.53. The molecule has 1 aliphatic heterocycles. The number of rotatable bonds is 3. The van der Waals surface area contributed by atoms with Crippen LogP contribution in [0.5, 0.6) is 0 Å². The van der Waals surface area contributed by atoms with Gasteiger partial charge in [0.25, 0.3) is 0 Å². The van der Waals surface area contributed by atoms with Gasteiger partial charge in [-0.05, 0) is 31.1 Å². The number of carboxylic acids is 1. The summed E-state index contributed by atoms with van der Waals surface area (Å²) in [6, 6.07) is 0.0377. The van der Waals surface area contributed by atoms with Crippen LogP contribution in [0.2, 0.25) is 0 Å². The molecular formula is C15H26N2O3. The molecule has 20 heavy (non-hydrogen) atoms. The summed E-state index contributed by atoms with van der Waals surface area (Å²) in [6.07, 6.45) is 6.20. The van der Waals surface area contributed by atoms with E-state index in [0.717, 1.165) is 51.6 Å². The molecule has 0 aromatic heterocycles. The van der Waals surface area contributed by atoms with Gasteiger partial charge in [-0.2, -0.15) is 0 Å². The third-order valence-corrected chi connectivity index (χ3v) is 4.49. The van der Waals surface area contributed by atoms with Crippen LogP contribution in [-0.2, 0) is 4.79 Å². The van der Waals surface area contributed by atoms with Crippen molar-refractivity contribution in [2.75, 3.05) is 19.6 Å². The van der Waals surface area contributed by atoms with E-state index in [2.05, 4.69) is 13.8 Å². The quantitative estimate of drug-likeness (QED) is 0.865. The van der Waals surface area contributed by atoms with Crippen molar-refractivity contribution in [1.82, 2.24) is 9.80 Å². The van der Waals surface area contributed by atoms with Gasteiger partial charge in [0, 0.05) is 19.1 Å². The van der Waals surface area contributed by atoms with Gasteiger partial charge in [0.1, 0.15) is 6.54 Å². The highest BCUT2D eigenvalue weighted by Gasteiger charge is 2.35. The summed E-state index contributed by atoms with van der Waals surface area (Å²) in [7, 11) is 0. The van der Waals surface area contributed by atoms with Crippen LogP contribution in [0.15, 0.2) is 0 Å². The molecule has 114 valence electrons. The van der Waals surface area contributed by atoms with Crippen molar-refractivity contribution in [3.63, 3.8) is 0 Å². The molecular weight excluding hydrogens is 256 g/mol. The first-order valence-corrected chi connectivity index (χ1v) is 7.66. The fourth-order valence-corrected chi connectivity index (χ4v) is 3.48. The topological polar surface area (TPSA) is 60.9 Å². The summed E-state index contributed by atoms with van der Waals surface area (Å²) >= 11 is 0. The van der Waals surface area contributed by atoms with Crippen LogP contribution < -0.4 is 0 Å². The first kappa shape index (κ1) is 15.1. The molecule has 0 spiro atoms. The fourth-order valence-electron chi connectivity index (χ4n) is 3.48. The Bertz CT molecular complexity index is 375. The van der Waals surface area contributed by atoms with Crippen molar-refractivity contribution in [2.45, 2.75) is 58.4 Å². The number of piperidine rings is 1. The maximum atomic E-state index is 12.7. The van der Waals surface area contributed by atoms with Gasteiger partial charge in [0.15, 0.2) is 0 Å². The van der Waals surface area contributed by atoms with Crippen LogP contribution in [0, 0.1) is 5.41 Å². The summed E-state index contributed by atoms with van der Waals surface area (Å²) < 4.78 is 0. The molecule has 2 rings (SSSR count). The molecule has 2 aliphatic rings. The van der Waals surface area contributed by atoms with Gasteiger partial charge in [-0.15, -0.1) is 0 Å². The Morgan fingerprint density at radius 1 is 1.25 bits per heavy atom. The lowest BCUT2D eigenvalue weighted by molar-refractivity contribution is -0.138. The predicted molar refractivity (Wildman–Crippen MR) is 76.6 cm³/mol. The highest BCUT2D eigenvalue weighted by molar-refractivity contribution is 5.80. The monoisotopic (exact) mass is 282 g/mol. The van der Waals surface area contributed by atoms with Gasteiger partial charge < -0.3 is 14.9 Å². The second kappa shape index (κ2) is 6.02. The highest BCUT2D eigenvalue weighted by atomic mass is 16.4. The molecule has 0 aromatic rings. The second-order valence-corrected chi connectivity index (χ2v) is 6.93. The lowest BCUT2D eigenvalue weighted by atomic mass is 9.84. The van der Waals surface area contributed by atoms with Crippen molar-refractivity contribution >= 4 is 12.0 Å². The van der Waals surface area contributed by atoms with Gasteiger partial charge in [-0.25, -0.2) is 4.79 Å². The Hall–Kier alpha value is -1.26. The first-order chi connectivity index (χ1) is 9.39. The Kier molecular flexibility index (Phi) is 4.55. The standard InChI is InChI=1S/C15H26N2O3/c1-15(2)8-5-9-16(11-15)14(20)17(10-13(18)19)12-6-3-4-7-12/h12H,3-11H2,1-2H3,(H,18,19). The molecule has 0 radical (unpaired) electrons. The number of hydrogen-bond acceptors (Lipinski definition) is 2.